The minimum Gasteiger partial charge on any atom is -0.479 e. The Morgan fingerprint density at radius 1 is 0.963 bits per heavy atom. The number of rotatable bonds is 3. The predicted octanol–water partition coefficient (Wildman–Crippen LogP) is 6.04. The van der Waals surface area contributed by atoms with Crippen LogP contribution in [0.2, 0.25) is 0 Å². The average Bonchev–Trinajstić information content (AvgIpc) is 3.06. The fraction of sp³-hybridized carbons (Fsp3) is 0.0455. The third-order valence-electron chi connectivity index (χ3n) is 4.30. The van der Waals surface area contributed by atoms with Crippen LogP contribution in [0, 0.1) is 6.92 Å². The number of carbonyl (C=O) groups excluding carboxylic acids is 1. The maximum absolute atomic E-state index is 12.1. The van der Waals surface area contributed by atoms with Crippen LogP contribution < -0.4 is 0 Å². The highest BCUT2D eigenvalue weighted by Gasteiger charge is 2.14. The summed E-state index contributed by atoms with van der Waals surface area (Å²) in [5, 5.41) is 19.7. The lowest BCUT2D eigenvalue weighted by Gasteiger charge is -2.02. The van der Waals surface area contributed by atoms with Crippen molar-refractivity contribution in [1.82, 2.24) is 0 Å². The first-order valence-electron chi connectivity index (χ1n) is 8.45. The molecule has 0 aliphatic heterocycles. The lowest BCUT2D eigenvalue weighted by atomic mass is 10.0. The minimum atomic E-state index is -0.484. The number of benzene rings is 3. The van der Waals surface area contributed by atoms with E-state index in [0.29, 0.717) is 11.3 Å². The molecule has 0 aliphatic carbocycles. The molecule has 1 amide bonds. The standard InChI is InChI=1S/C22H16N2O3/c1-14-9-11-16(12-10-14)21(25)24-23-19-13-20(27-22(19)26)18-8-4-6-15-5-2-3-7-17(15)18/h2-13,26H,1H3. The average molecular weight is 356 g/mol. The molecule has 132 valence electrons. The van der Waals surface area contributed by atoms with E-state index in [2.05, 4.69) is 10.2 Å². The number of furan rings is 1. The summed E-state index contributed by atoms with van der Waals surface area (Å²) in [6, 6.07) is 22.3. The molecule has 1 N–H and O–H groups in total. The van der Waals surface area contributed by atoms with Gasteiger partial charge in [-0.3, -0.25) is 4.79 Å². The molecule has 0 fully saturated rings. The molecule has 0 radical (unpaired) electrons. The van der Waals surface area contributed by atoms with Crippen LogP contribution in [0.25, 0.3) is 22.1 Å². The van der Waals surface area contributed by atoms with Crippen molar-refractivity contribution in [3.63, 3.8) is 0 Å². The number of amides is 1. The summed E-state index contributed by atoms with van der Waals surface area (Å²) < 4.78 is 5.45. The molecule has 0 aliphatic rings. The zero-order chi connectivity index (χ0) is 18.8. The topological polar surface area (TPSA) is 75.2 Å². The van der Waals surface area contributed by atoms with E-state index in [4.69, 9.17) is 4.42 Å². The quantitative estimate of drug-likeness (QED) is 0.455. The van der Waals surface area contributed by atoms with Crippen molar-refractivity contribution in [1.29, 1.82) is 0 Å². The van der Waals surface area contributed by atoms with Crippen LogP contribution in [-0.4, -0.2) is 11.0 Å². The second kappa shape index (κ2) is 6.88. The van der Waals surface area contributed by atoms with Gasteiger partial charge in [-0.25, -0.2) is 0 Å². The van der Waals surface area contributed by atoms with Crippen molar-refractivity contribution in [3.8, 4) is 17.3 Å². The summed E-state index contributed by atoms with van der Waals surface area (Å²) in [6.07, 6.45) is 0. The molecule has 4 aromatic rings. The van der Waals surface area contributed by atoms with Crippen molar-refractivity contribution >= 4 is 22.4 Å². The Morgan fingerprint density at radius 3 is 2.52 bits per heavy atom. The summed E-state index contributed by atoms with van der Waals surface area (Å²) in [6.45, 7) is 1.94. The normalized spacial score (nSPS) is 11.3. The van der Waals surface area contributed by atoms with E-state index in [0.717, 1.165) is 21.9 Å². The van der Waals surface area contributed by atoms with Crippen LogP contribution >= 0.6 is 0 Å². The van der Waals surface area contributed by atoms with Crippen molar-refractivity contribution in [2.24, 2.45) is 10.2 Å². The molecule has 0 saturated heterocycles. The molecule has 0 saturated carbocycles. The Hall–Kier alpha value is -3.73. The zero-order valence-electron chi connectivity index (χ0n) is 14.6. The highest BCUT2D eigenvalue weighted by Crippen LogP contribution is 2.38. The number of azo groups is 1. The number of aromatic hydroxyl groups is 1. The third kappa shape index (κ3) is 3.35. The van der Waals surface area contributed by atoms with E-state index >= 15 is 0 Å². The Labute approximate surface area is 155 Å². The highest BCUT2D eigenvalue weighted by atomic mass is 16.5. The fourth-order valence-corrected chi connectivity index (χ4v) is 2.87. The lowest BCUT2D eigenvalue weighted by Crippen LogP contribution is -1.92. The van der Waals surface area contributed by atoms with Gasteiger partial charge >= 0.3 is 5.95 Å². The molecule has 0 unspecified atom stereocenters. The first-order chi connectivity index (χ1) is 13.1. The van der Waals surface area contributed by atoms with Gasteiger partial charge in [0.25, 0.3) is 5.91 Å². The van der Waals surface area contributed by atoms with E-state index in [9.17, 15) is 9.90 Å². The largest absolute Gasteiger partial charge is 0.479 e. The third-order valence-corrected chi connectivity index (χ3v) is 4.30. The zero-order valence-corrected chi connectivity index (χ0v) is 14.6. The van der Waals surface area contributed by atoms with Crippen molar-refractivity contribution in [3.05, 3.63) is 83.9 Å². The van der Waals surface area contributed by atoms with Gasteiger partial charge in [-0.1, -0.05) is 60.2 Å². The van der Waals surface area contributed by atoms with Crippen LogP contribution in [0.5, 0.6) is 5.95 Å². The highest BCUT2D eigenvalue weighted by molar-refractivity contribution is 5.96. The summed E-state index contributed by atoms with van der Waals surface area (Å²) in [5.41, 5.74) is 2.42. The molecule has 4 rings (SSSR count). The molecule has 5 heteroatoms. The van der Waals surface area contributed by atoms with Gasteiger partial charge in [0.2, 0.25) is 0 Å². The number of fused-ring (bicyclic) bond motifs is 1. The molecule has 0 spiro atoms. The molecular formula is C22H16N2O3. The van der Waals surface area contributed by atoms with Crippen molar-refractivity contribution < 1.29 is 14.3 Å². The SMILES string of the molecule is Cc1ccc(C(=O)N=Nc2cc(-c3cccc4ccccc34)oc2O)cc1. The van der Waals surface area contributed by atoms with Crippen LogP contribution in [0.4, 0.5) is 5.69 Å². The Kier molecular flexibility index (Phi) is 4.26. The van der Waals surface area contributed by atoms with E-state index in [1.807, 2.05) is 61.5 Å². The Morgan fingerprint density at radius 2 is 1.70 bits per heavy atom. The van der Waals surface area contributed by atoms with Gasteiger partial charge in [0, 0.05) is 17.2 Å². The molecule has 3 aromatic carbocycles. The van der Waals surface area contributed by atoms with Gasteiger partial charge in [-0.15, -0.1) is 10.2 Å². The molecule has 27 heavy (non-hydrogen) atoms. The smallest absolute Gasteiger partial charge is 0.311 e. The molecule has 1 heterocycles. The fourth-order valence-electron chi connectivity index (χ4n) is 2.87. The summed E-state index contributed by atoms with van der Waals surface area (Å²) >= 11 is 0. The van der Waals surface area contributed by atoms with E-state index in [-0.39, 0.29) is 11.6 Å². The molecule has 5 nitrogen and oxygen atoms in total. The van der Waals surface area contributed by atoms with Crippen LogP contribution in [0.3, 0.4) is 0 Å². The molecule has 1 aromatic heterocycles. The van der Waals surface area contributed by atoms with Crippen LogP contribution in [0.15, 0.2) is 87.4 Å². The first kappa shape index (κ1) is 16.7. The van der Waals surface area contributed by atoms with Gasteiger partial charge in [-0.2, -0.15) is 0 Å². The van der Waals surface area contributed by atoms with Gasteiger partial charge < -0.3 is 9.52 Å². The van der Waals surface area contributed by atoms with Crippen molar-refractivity contribution in [2.45, 2.75) is 6.92 Å². The summed E-state index contributed by atoms with van der Waals surface area (Å²) in [4.78, 5) is 12.1. The second-order valence-corrected chi connectivity index (χ2v) is 6.20. The number of hydrogen-bond donors (Lipinski definition) is 1. The van der Waals surface area contributed by atoms with Crippen LogP contribution in [0.1, 0.15) is 15.9 Å². The molecular weight excluding hydrogens is 340 g/mol. The van der Waals surface area contributed by atoms with Gasteiger partial charge in [-0.05, 0) is 29.8 Å². The van der Waals surface area contributed by atoms with Gasteiger partial charge in [0.1, 0.15) is 5.76 Å². The van der Waals surface area contributed by atoms with E-state index in [1.54, 1.807) is 18.2 Å². The predicted molar refractivity (Wildman–Crippen MR) is 103 cm³/mol. The Balaban J connectivity index is 1.65. The van der Waals surface area contributed by atoms with Gasteiger partial charge in [0.05, 0.1) is 0 Å². The maximum Gasteiger partial charge on any atom is 0.311 e. The summed E-state index contributed by atoms with van der Waals surface area (Å²) in [7, 11) is 0. The number of carbonyl (C=O) groups is 1. The van der Waals surface area contributed by atoms with Crippen LogP contribution in [-0.2, 0) is 0 Å². The second-order valence-electron chi connectivity index (χ2n) is 6.20. The molecule has 0 atom stereocenters. The molecule has 0 bridgehead atoms. The first-order valence-corrected chi connectivity index (χ1v) is 8.45. The number of hydrogen-bond acceptors (Lipinski definition) is 4. The Bertz CT molecular complexity index is 1150. The number of aryl methyl sites for hydroxylation is 1. The minimum absolute atomic E-state index is 0.110. The van der Waals surface area contributed by atoms with E-state index in [1.165, 1.54) is 0 Å². The maximum atomic E-state index is 12.1. The lowest BCUT2D eigenvalue weighted by molar-refractivity contribution is 0.0995. The number of nitrogens with zero attached hydrogens (tertiary/aromatic N) is 2. The van der Waals surface area contributed by atoms with E-state index < -0.39 is 5.91 Å². The van der Waals surface area contributed by atoms with Crippen molar-refractivity contribution in [2.75, 3.05) is 0 Å². The monoisotopic (exact) mass is 356 g/mol. The van der Waals surface area contributed by atoms with Gasteiger partial charge in [0.15, 0.2) is 5.69 Å². The summed E-state index contributed by atoms with van der Waals surface area (Å²) in [5.74, 6) is -0.401.